The second-order valence-electron chi connectivity index (χ2n) is 4.12. The quantitative estimate of drug-likeness (QED) is 0.740. The van der Waals surface area contributed by atoms with E-state index in [1.165, 1.54) is 6.07 Å². The van der Waals surface area contributed by atoms with Crippen LogP contribution in [0.2, 0.25) is 0 Å². The third-order valence-corrected chi connectivity index (χ3v) is 2.68. The van der Waals surface area contributed by atoms with Gasteiger partial charge in [0.25, 0.3) is 5.91 Å². The zero-order valence-electron chi connectivity index (χ0n) is 10.9. The fraction of sp³-hybridized carbons (Fsp3) is 0.0625. The van der Waals surface area contributed by atoms with Crippen molar-refractivity contribution in [2.24, 2.45) is 0 Å². The summed E-state index contributed by atoms with van der Waals surface area (Å²) in [4.78, 5) is 12.1. The molecule has 0 unspecified atom stereocenters. The molecule has 0 saturated carbocycles. The normalized spacial score (nSPS) is 9.62. The van der Waals surface area contributed by atoms with E-state index in [9.17, 15) is 14.3 Å². The van der Waals surface area contributed by atoms with Gasteiger partial charge in [-0.15, -0.1) is 0 Å². The smallest absolute Gasteiger partial charge is 0.259 e. The van der Waals surface area contributed by atoms with Gasteiger partial charge in [-0.25, -0.2) is 4.39 Å². The number of aliphatic hydroxyl groups is 1. The number of anilines is 1. The molecule has 2 aromatic rings. The maximum Gasteiger partial charge on any atom is 0.259 e. The van der Waals surface area contributed by atoms with E-state index >= 15 is 0 Å². The molecule has 0 spiro atoms. The molecule has 0 saturated heterocycles. The van der Waals surface area contributed by atoms with Gasteiger partial charge in [0.1, 0.15) is 18.2 Å². The number of benzene rings is 2. The van der Waals surface area contributed by atoms with Gasteiger partial charge < -0.3 is 15.5 Å². The van der Waals surface area contributed by atoms with Crippen molar-refractivity contribution in [3.05, 3.63) is 59.4 Å². The van der Waals surface area contributed by atoms with Crippen LogP contribution in [0, 0.1) is 17.7 Å². The Labute approximate surface area is 120 Å². The lowest BCUT2D eigenvalue weighted by atomic mass is 10.1. The molecule has 0 aliphatic rings. The number of halogens is 1. The fourth-order valence-electron chi connectivity index (χ4n) is 1.72. The second kappa shape index (κ2) is 6.55. The van der Waals surface area contributed by atoms with Crippen LogP contribution in [0.1, 0.15) is 15.9 Å². The molecule has 0 fully saturated rings. The fourth-order valence-corrected chi connectivity index (χ4v) is 1.72. The molecule has 106 valence electrons. The average molecular weight is 285 g/mol. The number of carbonyl (C=O) groups is 1. The molecular weight excluding hydrogens is 273 g/mol. The number of nitrogens with one attached hydrogen (secondary N) is 1. The Morgan fingerprint density at radius 3 is 2.71 bits per heavy atom. The van der Waals surface area contributed by atoms with Crippen LogP contribution < -0.4 is 5.32 Å². The summed E-state index contributed by atoms with van der Waals surface area (Å²) in [6.07, 6.45) is 0. The number of hydrogen-bond donors (Lipinski definition) is 3. The highest BCUT2D eigenvalue weighted by Crippen LogP contribution is 2.21. The molecule has 0 aliphatic carbocycles. The summed E-state index contributed by atoms with van der Waals surface area (Å²) >= 11 is 0. The number of hydrogen-bond acceptors (Lipinski definition) is 3. The second-order valence-corrected chi connectivity index (χ2v) is 4.12. The van der Waals surface area contributed by atoms with E-state index < -0.39 is 17.5 Å². The average Bonchev–Trinajstić information content (AvgIpc) is 2.46. The summed E-state index contributed by atoms with van der Waals surface area (Å²) in [5.41, 5.74) is 0.926. The summed E-state index contributed by atoms with van der Waals surface area (Å²) in [5, 5.41) is 20.9. The number of phenolic OH excluding ortho intramolecular Hbond substituents is 1. The highest BCUT2D eigenvalue weighted by Gasteiger charge is 2.13. The maximum absolute atomic E-state index is 12.9. The summed E-state index contributed by atoms with van der Waals surface area (Å²) in [7, 11) is 0. The lowest BCUT2D eigenvalue weighted by Gasteiger charge is -2.08. The summed E-state index contributed by atoms with van der Waals surface area (Å²) < 4.78 is 12.9. The first-order chi connectivity index (χ1) is 10.1. The number of rotatable bonds is 2. The molecule has 0 bridgehead atoms. The lowest BCUT2D eigenvalue weighted by molar-refractivity contribution is 0.102. The van der Waals surface area contributed by atoms with Gasteiger partial charge in [-0.1, -0.05) is 24.0 Å². The van der Waals surface area contributed by atoms with Crippen molar-refractivity contribution in [2.75, 3.05) is 11.9 Å². The van der Waals surface area contributed by atoms with E-state index in [-0.39, 0.29) is 12.2 Å². The molecule has 4 nitrogen and oxygen atoms in total. The van der Waals surface area contributed by atoms with Crippen molar-refractivity contribution in [1.29, 1.82) is 0 Å². The Kier molecular flexibility index (Phi) is 4.54. The minimum Gasteiger partial charge on any atom is -0.507 e. The van der Waals surface area contributed by atoms with Gasteiger partial charge in [-0.3, -0.25) is 4.79 Å². The van der Waals surface area contributed by atoms with Crippen molar-refractivity contribution in [1.82, 2.24) is 0 Å². The summed E-state index contributed by atoms with van der Waals surface area (Å²) in [5.74, 6) is 3.56. The van der Waals surface area contributed by atoms with Crippen LogP contribution in [0.3, 0.4) is 0 Å². The molecule has 21 heavy (non-hydrogen) atoms. The Hall–Kier alpha value is -2.84. The van der Waals surface area contributed by atoms with Crippen LogP contribution in [-0.4, -0.2) is 22.7 Å². The Morgan fingerprint density at radius 1 is 1.24 bits per heavy atom. The van der Waals surface area contributed by atoms with Crippen LogP contribution in [0.4, 0.5) is 10.1 Å². The molecule has 0 aliphatic heterocycles. The molecule has 0 radical (unpaired) electrons. The molecule has 0 atom stereocenters. The van der Waals surface area contributed by atoms with Gasteiger partial charge in [0.05, 0.1) is 11.3 Å². The molecule has 2 aromatic carbocycles. The SMILES string of the molecule is O=C(Nc1ccccc1C#CCO)c1ccc(F)cc1O. The Morgan fingerprint density at radius 2 is 2.00 bits per heavy atom. The monoisotopic (exact) mass is 285 g/mol. The number of aliphatic hydroxyl groups excluding tert-OH is 1. The Bertz CT molecular complexity index is 732. The predicted molar refractivity (Wildman–Crippen MR) is 76.4 cm³/mol. The van der Waals surface area contributed by atoms with E-state index in [1.807, 2.05) is 0 Å². The third kappa shape index (κ3) is 3.59. The van der Waals surface area contributed by atoms with Gasteiger partial charge in [0.2, 0.25) is 0 Å². The first-order valence-electron chi connectivity index (χ1n) is 6.10. The highest BCUT2D eigenvalue weighted by atomic mass is 19.1. The first kappa shape index (κ1) is 14.6. The van der Waals surface area contributed by atoms with Gasteiger partial charge in [0.15, 0.2) is 0 Å². The van der Waals surface area contributed by atoms with Crippen LogP contribution in [0.25, 0.3) is 0 Å². The van der Waals surface area contributed by atoms with E-state index in [2.05, 4.69) is 17.2 Å². The van der Waals surface area contributed by atoms with Gasteiger partial charge >= 0.3 is 0 Å². The van der Waals surface area contributed by atoms with Crippen LogP contribution in [-0.2, 0) is 0 Å². The minimum atomic E-state index is -0.627. The van der Waals surface area contributed by atoms with Gasteiger partial charge in [0, 0.05) is 11.6 Å². The van der Waals surface area contributed by atoms with E-state index in [1.54, 1.807) is 24.3 Å². The third-order valence-electron chi connectivity index (χ3n) is 2.68. The maximum atomic E-state index is 12.9. The summed E-state index contributed by atoms with van der Waals surface area (Å²) in [6.45, 7) is -0.291. The van der Waals surface area contributed by atoms with Crippen molar-refractivity contribution >= 4 is 11.6 Å². The van der Waals surface area contributed by atoms with Crippen LogP contribution in [0.15, 0.2) is 42.5 Å². The largest absolute Gasteiger partial charge is 0.507 e. The molecular formula is C16H12FNO3. The zero-order chi connectivity index (χ0) is 15.2. The number of phenols is 1. The minimum absolute atomic E-state index is 0.0404. The molecule has 0 heterocycles. The number of amides is 1. The molecule has 3 N–H and O–H groups in total. The predicted octanol–water partition coefficient (Wildman–Crippen LogP) is 2.13. The van der Waals surface area contributed by atoms with Crippen molar-refractivity contribution < 1.29 is 19.4 Å². The van der Waals surface area contributed by atoms with Gasteiger partial charge in [-0.05, 0) is 24.3 Å². The first-order valence-corrected chi connectivity index (χ1v) is 6.10. The molecule has 2 rings (SSSR count). The van der Waals surface area contributed by atoms with Crippen LogP contribution >= 0.6 is 0 Å². The van der Waals surface area contributed by atoms with Crippen molar-refractivity contribution in [3.8, 4) is 17.6 Å². The van der Waals surface area contributed by atoms with Gasteiger partial charge in [-0.2, -0.15) is 0 Å². The Balaban J connectivity index is 2.27. The van der Waals surface area contributed by atoms with Crippen LogP contribution in [0.5, 0.6) is 5.75 Å². The van der Waals surface area contributed by atoms with Crippen molar-refractivity contribution in [2.45, 2.75) is 0 Å². The number of carbonyl (C=O) groups excluding carboxylic acids is 1. The van der Waals surface area contributed by atoms with E-state index in [4.69, 9.17) is 5.11 Å². The highest BCUT2D eigenvalue weighted by molar-refractivity contribution is 6.06. The van der Waals surface area contributed by atoms with Crippen molar-refractivity contribution in [3.63, 3.8) is 0 Å². The van der Waals surface area contributed by atoms with E-state index in [0.717, 1.165) is 12.1 Å². The lowest BCUT2D eigenvalue weighted by Crippen LogP contribution is -2.13. The molecule has 0 aromatic heterocycles. The molecule has 1 amide bonds. The standard InChI is InChI=1S/C16H12FNO3/c17-12-7-8-13(15(20)10-12)16(21)18-14-6-2-1-4-11(14)5-3-9-19/h1-2,4,6-8,10,19-20H,9H2,(H,18,21). The summed E-state index contributed by atoms with van der Waals surface area (Å²) in [6, 6.07) is 9.93. The van der Waals surface area contributed by atoms with E-state index in [0.29, 0.717) is 11.3 Å². The number of aromatic hydroxyl groups is 1. The topological polar surface area (TPSA) is 69.6 Å². The molecule has 5 heteroatoms. The zero-order valence-corrected chi connectivity index (χ0v) is 10.9. The number of para-hydroxylation sites is 1.